The zero-order valence-corrected chi connectivity index (χ0v) is 11.5. The number of benzene rings is 1. The molecule has 0 radical (unpaired) electrons. The molecule has 2 rings (SSSR count). The summed E-state index contributed by atoms with van der Waals surface area (Å²) in [5.41, 5.74) is 6.12. The molecule has 0 amide bonds. The topological polar surface area (TPSA) is 49.5 Å². The minimum absolute atomic E-state index is 0.125. The van der Waals surface area contributed by atoms with Crippen LogP contribution < -0.4 is 5.73 Å². The van der Waals surface area contributed by atoms with Crippen molar-refractivity contribution in [3.8, 4) is 0 Å². The van der Waals surface area contributed by atoms with E-state index in [0.717, 1.165) is 38.2 Å². The Morgan fingerprint density at radius 3 is 2.83 bits per heavy atom. The average Bonchev–Trinajstić information content (AvgIpc) is 2.81. The number of aliphatic hydroxyl groups is 1. The van der Waals surface area contributed by atoms with Crippen molar-refractivity contribution < 1.29 is 5.11 Å². The molecule has 0 aliphatic carbocycles. The van der Waals surface area contributed by atoms with Crippen molar-refractivity contribution in [1.82, 2.24) is 4.90 Å². The SMILES string of the molecule is NC(CCN1CC[C@@H](O)C1)CSc1ccccc1. The molecule has 0 bridgehead atoms. The average molecular weight is 266 g/mol. The van der Waals surface area contributed by atoms with Gasteiger partial charge in [-0.15, -0.1) is 11.8 Å². The smallest absolute Gasteiger partial charge is 0.0679 e. The fourth-order valence-corrected chi connectivity index (χ4v) is 3.09. The molecular weight excluding hydrogens is 244 g/mol. The van der Waals surface area contributed by atoms with E-state index in [2.05, 4.69) is 29.2 Å². The molecule has 1 unspecified atom stereocenters. The fourth-order valence-electron chi connectivity index (χ4n) is 2.17. The Bertz CT molecular complexity index is 347. The van der Waals surface area contributed by atoms with Crippen LogP contribution in [-0.2, 0) is 0 Å². The predicted octanol–water partition coefficient (Wildman–Crippen LogP) is 1.56. The first-order valence-corrected chi connectivity index (χ1v) is 7.56. The molecule has 1 fully saturated rings. The van der Waals surface area contributed by atoms with Crippen LogP contribution in [-0.4, -0.2) is 47.5 Å². The summed E-state index contributed by atoms with van der Waals surface area (Å²) in [6.07, 6.45) is 1.79. The molecule has 1 saturated heterocycles. The standard InChI is InChI=1S/C14H22N2OS/c15-12(6-8-16-9-7-13(17)10-16)11-18-14-4-2-1-3-5-14/h1-5,12-13,17H,6-11,15H2/t12?,13-/m1/s1. The summed E-state index contributed by atoms with van der Waals surface area (Å²) in [5, 5.41) is 9.44. The van der Waals surface area contributed by atoms with E-state index < -0.39 is 0 Å². The van der Waals surface area contributed by atoms with Gasteiger partial charge in [0.25, 0.3) is 0 Å². The molecule has 0 aromatic heterocycles. The van der Waals surface area contributed by atoms with E-state index in [1.807, 2.05) is 17.8 Å². The number of rotatable bonds is 6. The van der Waals surface area contributed by atoms with Gasteiger partial charge >= 0.3 is 0 Å². The van der Waals surface area contributed by atoms with E-state index in [9.17, 15) is 5.11 Å². The van der Waals surface area contributed by atoms with E-state index in [1.54, 1.807) is 0 Å². The summed E-state index contributed by atoms with van der Waals surface area (Å²) in [6, 6.07) is 10.6. The van der Waals surface area contributed by atoms with Crippen molar-refractivity contribution in [2.45, 2.75) is 29.9 Å². The third-order valence-corrected chi connectivity index (χ3v) is 4.47. The zero-order valence-electron chi connectivity index (χ0n) is 10.7. The van der Waals surface area contributed by atoms with E-state index in [0.29, 0.717) is 0 Å². The van der Waals surface area contributed by atoms with Gasteiger partial charge in [-0.3, -0.25) is 0 Å². The number of hydrogen-bond acceptors (Lipinski definition) is 4. The van der Waals surface area contributed by atoms with Gasteiger partial charge in [0.1, 0.15) is 0 Å². The van der Waals surface area contributed by atoms with Gasteiger partial charge in [0.05, 0.1) is 6.10 Å². The van der Waals surface area contributed by atoms with Crippen molar-refractivity contribution in [3.63, 3.8) is 0 Å². The van der Waals surface area contributed by atoms with Crippen molar-refractivity contribution in [2.24, 2.45) is 5.73 Å². The van der Waals surface area contributed by atoms with Crippen LogP contribution in [0.1, 0.15) is 12.8 Å². The number of nitrogens with two attached hydrogens (primary N) is 1. The number of likely N-dealkylation sites (tertiary alicyclic amines) is 1. The number of β-amino-alcohol motifs (C(OH)–C–C–N with tert-alkyl or cyclic N) is 1. The number of hydrogen-bond donors (Lipinski definition) is 2. The lowest BCUT2D eigenvalue weighted by molar-refractivity contribution is 0.175. The van der Waals surface area contributed by atoms with Crippen molar-refractivity contribution in [1.29, 1.82) is 0 Å². The van der Waals surface area contributed by atoms with Gasteiger partial charge in [0.15, 0.2) is 0 Å². The van der Waals surface area contributed by atoms with Crippen molar-refractivity contribution in [2.75, 3.05) is 25.4 Å². The molecule has 1 aliphatic heterocycles. The fraction of sp³-hybridized carbons (Fsp3) is 0.571. The van der Waals surface area contributed by atoms with E-state index in [-0.39, 0.29) is 12.1 Å². The van der Waals surface area contributed by atoms with Crippen LogP contribution in [0, 0.1) is 0 Å². The molecule has 3 nitrogen and oxygen atoms in total. The van der Waals surface area contributed by atoms with Crippen LogP contribution >= 0.6 is 11.8 Å². The monoisotopic (exact) mass is 266 g/mol. The highest BCUT2D eigenvalue weighted by atomic mass is 32.2. The van der Waals surface area contributed by atoms with Gasteiger partial charge in [0, 0.05) is 29.8 Å². The maximum absolute atomic E-state index is 9.44. The summed E-state index contributed by atoms with van der Waals surface area (Å²) in [5.74, 6) is 0.959. The van der Waals surface area contributed by atoms with Crippen LogP contribution in [0.3, 0.4) is 0 Å². The number of thioether (sulfide) groups is 1. The molecule has 0 spiro atoms. The first kappa shape index (κ1) is 13.9. The van der Waals surface area contributed by atoms with Gasteiger partial charge in [-0.1, -0.05) is 18.2 Å². The van der Waals surface area contributed by atoms with Crippen molar-refractivity contribution in [3.05, 3.63) is 30.3 Å². The highest BCUT2D eigenvalue weighted by Crippen LogP contribution is 2.18. The van der Waals surface area contributed by atoms with Crippen LogP contribution in [0.5, 0.6) is 0 Å². The minimum Gasteiger partial charge on any atom is -0.392 e. The number of aliphatic hydroxyl groups excluding tert-OH is 1. The zero-order chi connectivity index (χ0) is 12.8. The van der Waals surface area contributed by atoms with Gasteiger partial charge in [-0.2, -0.15) is 0 Å². The Kier molecular flexibility index (Phi) is 5.50. The summed E-state index contributed by atoms with van der Waals surface area (Å²) in [7, 11) is 0. The molecule has 1 aliphatic rings. The minimum atomic E-state index is -0.125. The summed E-state index contributed by atoms with van der Waals surface area (Å²) < 4.78 is 0. The largest absolute Gasteiger partial charge is 0.392 e. The second kappa shape index (κ2) is 7.14. The maximum atomic E-state index is 9.44. The third-order valence-electron chi connectivity index (χ3n) is 3.27. The van der Waals surface area contributed by atoms with Gasteiger partial charge in [-0.25, -0.2) is 0 Å². The molecular formula is C14H22N2OS. The summed E-state index contributed by atoms with van der Waals surface area (Å²) in [4.78, 5) is 3.59. The second-order valence-corrected chi connectivity index (χ2v) is 6.01. The molecule has 18 heavy (non-hydrogen) atoms. The Balaban J connectivity index is 1.62. The Hall–Kier alpha value is -0.550. The maximum Gasteiger partial charge on any atom is 0.0679 e. The summed E-state index contributed by atoms with van der Waals surface area (Å²) >= 11 is 1.82. The van der Waals surface area contributed by atoms with Crippen LogP contribution in [0.25, 0.3) is 0 Å². The normalized spacial score (nSPS) is 22.2. The van der Waals surface area contributed by atoms with Crippen LogP contribution in [0.4, 0.5) is 0 Å². The number of nitrogens with zero attached hydrogens (tertiary/aromatic N) is 1. The quantitative estimate of drug-likeness (QED) is 0.767. The lowest BCUT2D eigenvalue weighted by atomic mass is 10.2. The van der Waals surface area contributed by atoms with E-state index >= 15 is 0 Å². The van der Waals surface area contributed by atoms with E-state index in [4.69, 9.17) is 5.73 Å². The molecule has 1 aromatic rings. The molecule has 2 atom stereocenters. The first-order valence-electron chi connectivity index (χ1n) is 6.58. The predicted molar refractivity (Wildman–Crippen MR) is 76.8 cm³/mol. The molecule has 4 heteroatoms. The van der Waals surface area contributed by atoms with Crippen molar-refractivity contribution >= 4 is 11.8 Å². The molecule has 1 heterocycles. The third kappa shape index (κ3) is 4.61. The Labute approximate surface area is 113 Å². The molecule has 0 saturated carbocycles. The van der Waals surface area contributed by atoms with E-state index in [1.165, 1.54) is 4.90 Å². The molecule has 3 N–H and O–H groups in total. The molecule has 100 valence electrons. The second-order valence-electron chi connectivity index (χ2n) is 4.92. The Morgan fingerprint density at radius 2 is 2.17 bits per heavy atom. The van der Waals surface area contributed by atoms with Gasteiger partial charge in [0.2, 0.25) is 0 Å². The molecule has 1 aromatic carbocycles. The lowest BCUT2D eigenvalue weighted by Gasteiger charge is -2.18. The highest BCUT2D eigenvalue weighted by molar-refractivity contribution is 7.99. The van der Waals surface area contributed by atoms with Gasteiger partial charge in [-0.05, 0) is 31.5 Å². The van der Waals surface area contributed by atoms with Gasteiger partial charge < -0.3 is 15.7 Å². The highest BCUT2D eigenvalue weighted by Gasteiger charge is 2.20. The van der Waals surface area contributed by atoms with Crippen LogP contribution in [0.2, 0.25) is 0 Å². The van der Waals surface area contributed by atoms with Crippen LogP contribution in [0.15, 0.2) is 35.2 Å². The Morgan fingerprint density at radius 1 is 1.39 bits per heavy atom. The lowest BCUT2D eigenvalue weighted by Crippen LogP contribution is -2.31. The first-order chi connectivity index (χ1) is 8.74. The summed E-state index contributed by atoms with van der Waals surface area (Å²) in [6.45, 7) is 2.84.